The summed E-state index contributed by atoms with van der Waals surface area (Å²) in [6.45, 7) is 3.80. The second-order valence-electron chi connectivity index (χ2n) is 9.15. The highest BCUT2D eigenvalue weighted by molar-refractivity contribution is 6.32. The lowest BCUT2D eigenvalue weighted by Crippen LogP contribution is -2.48. The van der Waals surface area contributed by atoms with Gasteiger partial charge in [-0.25, -0.2) is 0 Å². The van der Waals surface area contributed by atoms with Crippen molar-refractivity contribution in [2.45, 2.75) is 25.0 Å². The highest BCUT2D eigenvalue weighted by Crippen LogP contribution is 2.34. The van der Waals surface area contributed by atoms with E-state index in [0.29, 0.717) is 24.8 Å². The molecule has 0 saturated carbocycles. The molecule has 0 radical (unpaired) electrons. The molecule has 1 amide bonds. The van der Waals surface area contributed by atoms with Gasteiger partial charge in [0, 0.05) is 37.3 Å². The SMILES string of the molecule is O=C(C=Cc1ccccc1Cl)N1CCC2(CC1)CN(Cc1ccccc1-c1ccccc1)CO2. The van der Waals surface area contributed by atoms with Crippen LogP contribution in [0.1, 0.15) is 24.0 Å². The lowest BCUT2D eigenvalue weighted by Gasteiger charge is -2.38. The van der Waals surface area contributed by atoms with Gasteiger partial charge in [0.2, 0.25) is 5.91 Å². The van der Waals surface area contributed by atoms with E-state index in [9.17, 15) is 4.79 Å². The lowest BCUT2D eigenvalue weighted by atomic mass is 9.91. The van der Waals surface area contributed by atoms with Crippen LogP contribution in [-0.2, 0) is 16.1 Å². The van der Waals surface area contributed by atoms with E-state index in [1.807, 2.05) is 35.2 Å². The van der Waals surface area contributed by atoms with Crippen molar-refractivity contribution in [2.24, 2.45) is 0 Å². The first-order valence-corrected chi connectivity index (χ1v) is 12.2. The fourth-order valence-electron chi connectivity index (χ4n) is 4.94. The Hall–Kier alpha value is -2.92. The van der Waals surface area contributed by atoms with E-state index < -0.39 is 0 Å². The number of carbonyl (C=O) groups excluding carboxylic acids is 1. The summed E-state index contributed by atoms with van der Waals surface area (Å²) >= 11 is 6.19. The first-order valence-electron chi connectivity index (χ1n) is 11.8. The predicted octanol–water partition coefficient (Wildman–Crippen LogP) is 5.87. The van der Waals surface area contributed by atoms with E-state index in [-0.39, 0.29) is 11.5 Å². The van der Waals surface area contributed by atoms with Gasteiger partial charge in [-0.15, -0.1) is 0 Å². The number of hydrogen-bond donors (Lipinski definition) is 0. The Labute approximate surface area is 206 Å². The number of ether oxygens (including phenoxy) is 1. The van der Waals surface area contributed by atoms with Crippen LogP contribution in [0.3, 0.4) is 0 Å². The van der Waals surface area contributed by atoms with Crippen LogP contribution < -0.4 is 0 Å². The van der Waals surface area contributed by atoms with E-state index in [1.54, 1.807) is 12.2 Å². The van der Waals surface area contributed by atoms with E-state index in [2.05, 4.69) is 53.4 Å². The van der Waals surface area contributed by atoms with Crippen LogP contribution in [0.15, 0.2) is 84.9 Å². The predicted molar refractivity (Wildman–Crippen MR) is 137 cm³/mol. The van der Waals surface area contributed by atoms with Gasteiger partial charge in [-0.1, -0.05) is 84.4 Å². The number of rotatable bonds is 5. The standard InChI is InChI=1S/C29H29ClN2O2/c30-27-13-7-5-10-24(27)14-15-28(33)32-18-16-29(17-19-32)21-31(22-34-29)20-25-11-4-6-12-26(25)23-8-2-1-3-9-23/h1-15H,16-22H2. The van der Waals surface area contributed by atoms with Gasteiger partial charge >= 0.3 is 0 Å². The Kier molecular flexibility index (Phi) is 6.82. The third kappa shape index (κ3) is 5.10. The zero-order valence-corrected chi connectivity index (χ0v) is 20.0. The van der Waals surface area contributed by atoms with Crippen LogP contribution in [0.2, 0.25) is 5.02 Å². The number of amides is 1. The summed E-state index contributed by atoms with van der Waals surface area (Å²) in [5, 5.41) is 0.650. The molecule has 1 spiro atoms. The molecule has 0 bridgehead atoms. The largest absolute Gasteiger partial charge is 0.358 e. The number of nitrogens with zero attached hydrogens (tertiary/aromatic N) is 2. The molecule has 0 N–H and O–H groups in total. The molecule has 3 aromatic carbocycles. The molecular formula is C29H29ClN2O2. The normalized spacial score (nSPS) is 18.1. The first-order chi connectivity index (χ1) is 16.6. The van der Waals surface area contributed by atoms with Crippen LogP contribution in [-0.4, -0.2) is 47.7 Å². The number of hydrogen-bond acceptors (Lipinski definition) is 3. The van der Waals surface area contributed by atoms with Gasteiger partial charge in [0.25, 0.3) is 0 Å². The first kappa shape index (κ1) is 22.9. The van der Waals surface area contributed by atoms with Crippen molar-refractivity contribution in [3.63, 3.8) is 0 Å². The number of carbonyl (C=O) groups is 1. The summed E-state index contributed by atoms with van der Waals surface area (Å²) in [6, 6.07) is 26.7. The van der Waals surface area contributed by atoms with Crippen LogP contribution in [0, 0.1) is 0 Å². The molecule has 0 aromatic heterocycles. The van der Waals surface area contributed by atoms with E-state index in [1.165, 1.54) is 16.7 Å². The third-order valence-electron chi connectivity index (χ3n) is 6.86. The molecule has 3 aromatic rings. The zero-order valence-electron chi connectivity index (χ0n) is 19.2. The van der Waals surface area contributed by atoms with E-state index >= 15 is 0 Å². The highest BCUT2D eigenvalue weighted by atomic mass is 35.5. The molecule has 5 rings (SSSR count). The second kappa shape index (κ2) is 10.1. The Morgan fingerprint density at radius 1 is 0.941 bits per heavy atom. The van der Waals surface area contributed by atoms with Crippen LogP contribution in [0.5, 0.6) is 0 Å². The minimum atomic E-state index is -0.162. The van der Waals surface area contributed by atoms with E-state index in [0.717, 1.165) is 31.5 Å². The Balaban J connectivity index is 1.18. The molecule has 4 nitrogen and oxygen atoms in total. The molecule has 0 unspecified atom stereocenters. The molecular weight excluding hydrogens is 444 g/mol. The maximum Gasteiger partial charge on any atom is 0.246 e. The summed E-state index contributed by atoms with van der Waals surface area (Å²) in [6.07, 6.45) is 5.14. The zero-order chi connectivity index (χ0) is 23.4. The molecule has 34 heavy (non-hydrogen) atoms. The highest BCUT2D eigenvalue weighted by Gasteiger charge is 2.42. The lowest BCUT2D eigenvalue weighted by molar-refractivity contribution is -0.130. The van der Waals surface area contributed by atoms with Crippen molar-refractivity contribution < 1.29 is 9.53 Å². The third-order valence-corrected chi connectivity index (χ3v) is 7.20. The van der Waals surface area contributed by atoms with Crippen molar-refractivity contribution >= 4 is 23.6 Å². The number of halogens is 1. The summed E-state index contributed by atoms with van der Waals surface area (Å²) in [5.41, 5.74) is 4.52. The quantitative estimate of drug-likeness (QED) is 0.435. The molecule has 2 saturated heterocycles. The Morgan fingerprint density at radius 2 is 1.65 bits per heavy atom. The summed E-state index contributed by atoms with van der Waals surface area (Å²) in [5.74, 6) is 0.0291. The topological polar surface area (TPSA) is 32.8 Å². The van der Waals surface area contributed by atoms with Crippen molar-refractivity contribution in [3.05, 3.63) is 101 Å². The second-order valence-corrected chi connectivity index (χ2v) is 9.55. The molecule has 2 aliphatic rings. The summed E-state index contributed by atoms with van der Waals surface area (Å²) in [4.78, 5) is 17.0. The fraction of sp³-hybridized carbons (Fsp3) is 0.276. The minimum Gasteiger partial charge on any atom is -0.358 e. The average Bonchev–Trinajstić information content (AvgIpc) is 3.26. The van der Waals surface area contributed by atoms with Gasteiger partial charge in [0.1, 0.15) is 6.73 Å². The summed E-state index contributed by atoms with van der Waals surface area (Å²) < 4.78 is 6.34. The van der Waals surface area contributed by atoms with Gasteiger partial charge in [0.15, 0.2) is 0 Å². The van der Waals surface area contributed by atoms with Crippen LogP contribution >= 0.6 is 11.6 Å². The fourth-order valence-corrected chi connectivity index (χ4v) is 5.14. The molecule has 0 aliphatic carbocycles. The monoisotopic (exact) mass is 472 g/mol. The summed E-state index contributed by atoms with van der Waals surface area (Å²) in [7, 11) is 0. The smallest absolute Gasteiger partial charge is 0.246 e. The van der Waals surface area contributed by atoms with Crippen molar-refractivity contribution in [2.75, 3.05) is 26.4 Å². The number of likely N-dealkylation sites (tertiary alicyclic amines) is 1. The van der Waals surface area contributed by atoms with Crippen molar-refractivity contribution in [1.82, 2.24) is 9.80 Å². The number of piperidine rings is 1. The molecule has 0 atom stereocenters. The van der Waals surface area contributed by atoms with Crippen molar-refractivity contribution in [1.29, 1.82) is 0 Å². The molecule has 2 heterocycles. The average molecular weight is 473 g/mol. The van der Waals surface area contributed by atoms with Crippen LogP contribution in [0.25, 0.3) is 17.2 Å². The Bertz CT molecular complexity index is 1170. The van der Waals surface area contributed by atoms with Gasteiger partial charge in [0.05, 0.1) is 5.60 Å². The minimum absolute atomic E-state index is 0.0291. The number of benzene rings is 3. The molecule has 5 heteroatoms. The molecule has 2 fully saturated rings. The maximum absolute atomic E-state index is 12.7. The molecule has 2 aliphatic heterocycles. The van der Waals surface area contributed by atoms with Gasteiger partial charge in [-0.2, -0.15) is 0 Å². The molecule has 174 valence electrons. The van der Waals surface area contributed by atoms with Gasteiger partial charge in [-0.05, 0) is 47.2 Å². The van der Waals surface area contributed by atoms with Gasteiger partial charge in [-0.3, -0.25) is 9.69 Å². The Morgan fingerprint density at radius 3 is 2.44 bits per heavy atom. The van der Waals surface area contributed by atoms with Crippen LogP contribution in [0.4, 0.5) is 0 Å². The van der Waals surface area contributed by atoms with Crippen molar-refractivity contribution in [3.8, 4) is 11.1 Å². The van der Waals surface area contributed by atoms with Gasteiger partial charge < -0.3 is 9.64 Å². The maximum atomic E-state index is 12.7. The van der Waals surface area contributed by atoms with E-state index in [4.69, 9.17) is 16.3 Å².